The molecule has 0 aliphatic carbocycles. The molecule has 0 heterocycles. The fourth-order valence-electron chi connectivity index (χ4n) is 2.18. The molecule has 0 aliphatic rings. The number of nitrogens with two attached hydrogens (primary N) is 1. The normalized spacial score (nSPS) is 11.1. The molecule has 0 bridgehead atoms. The Kier molecular flexibility index (Phi) is 4.72. The van der Waals surface area contributed by atoms with E-state index in [-0.39, 0.29) is 4.90 Å². The van der Waals surface area contributed by atoms with Crippen LogP contribution in [-0.2, 0) is 10.0 Å². The third-order valence-corrected chi connectivity index (χ3v) is 4.41. The number of carbonyl (C=O) groups is 1. The van der Waals surface area contributed by atoms with Gasteiger partial charge in [0.1, 0.15) is 5.75 Å². The third-order valence-electron chi connectivity index (χ3n) is 3.35. The fourth-order valence-corrected chi connectivity index (χ4v) is 2.99. The number of primary sulfonamides is 1. The topological polar surface area (TPSA) is 98.5 Å². The number of anilines is 1. The maximum Gasteiger partial charge on any atom is 0.259 e. The summed E-state index contributed by atoms with van der Waals surface area (Å²) in [5.41, 5.74) is 2.13. The van der Waals surface area contributed by atoms with E-state index in [1.807, 2.05) is 13.0 Å². The Bertz CT molecular complexity index is 860. The Hall–Kier alpha value is -2.38. The number of carbonyl (C=O) groups excluding carboxylic acids is 1. The summed E-state index contributed by atoms with van der Waals surface area (Å²) in [7, 11) is -2.37. The minimum atomic E-state index is -3.85. The second-order valence-electron chi connectivity index (χ2n) is 5.18. The zero-order valence-electron chi connectivity index (χ0n) is 13.1. The number of hydrogen-bond acceptors (Lipinski definition) is 4. The Morgan fingerprint density at radius 1 is 1.13 bits per heavy atom. The van der Waals surface area contributed by atoms with Crippen molar-refractivity contribution >= 4 is 21.6 Å². The van der Waals surface area contributed by atoms with Crippen LogP contribution < -0.4 is 15.2 Å². The average Bonchev–Trinajstić information content (AvgIpc) is 2.48. The number of nitrogens with one attached hydrogen (secondary N) is 1. The Morgan fingerprint density at radius 3 is 2.43 bits per heavy atom. The lowest BCUT2D eigenvalue weighted by molar-refractivity contribution is 0.102. The van der Waals surface area contributed by atoms with Gasteiger partial charge in [-0.25, -0.2) is 13.6 Å². The van der Waals surface area contributed by atoms with E-state index in [1.54, 1.807) is 31.2 Å². The number of amides is 1. The highest BCUT2D eigenvalue weighted by atomic mass is 32.2. The number of methoxy groups -OCH3 is 1. The molecule has 0 fully saturated rings. The quantitative estimate of drug-likeness (QED) is 0.895. The molecular formula is C16H18N2O4S. The zero-order valence-corrected chi connectivity index (χ0v) is 13.9. The maximum atomic E-state index is 12.4. The van der Waals surface area contributed by atoms with Crippen LogP contribution in [0.1, 0.15) is 21.5 Å². The van der Waals surface area contributed by atoms with E-state index in [1.165, 1.54) is 13.2 Å². The molecule has 7 heteroatoms. The predicted octanol–water partition coefficient (Wildman–Crippen LogP) is 2.21. The van der Waals surface area contributed by atoms with E-state index in [4.69, 9.17) is 9.88 Å². The van der Waals surface area contributed by atoms with Crippen molar-refractivity contribution in [1.29, 1.82) is 0 Å². The van der Waals surface area contributed by atoms with Gasteiger partial charge in [-0.05, 0) is 43.7 Å². The van der Waals surface area contributed by atoms with E-state index in [2.05, 4.69) is 5.32 Å². The van der Waals surface area contributed by atoms with Crippen molar-refractivity contribution in [1.82, 2.24) is 0 Å². The molecule has 2 aromatic carbocycles. The van der Waals surface area contributed by atoms with Crippen LogP contribution in [-0.4, -0.2) is 21.4 Å². The molecule has 0 radical (unpaired) electrons. The molecule has 0 aliphatic heterocycles. The summed E-state index contributed by atoms with van der Waals surface area (Å²) in [5, 5.41) is 7.83. The van der Waals surface area contributed by atoms with Gasteiger partial charge in [-0.2, -0.15) is 0 Å². The summed E-state index contributed by atoms with van der Waals surface area (Å²) >= 11 is 0. The van der Waals surface area contributed by atoms with Crippen molar-refractivity contribution < 1.29 is 17.9 Å². The van der Waals surface area contributed by atoms with Crippen molar-refractivity contribution in [2.45, 2.75) is 18.7 Å². The number of aryl methyl sites for hydroxylation is 2. The van der Waals surface area contributed by atoms with Gasteiger partial charge in [0.25, 0.3) is 5.91 Å². The molecule has 0 atom stereocenters. The van der Waals surface area contributed by atoms with E-state index >= 15 is 0 Å². The van der Waals surface area contributed by atoms with Crippen LogP contribution in [0.2, 0.25) is 0 Å². The second-order valence-corrected chi connectivity index (χ2v) is 6.71. The molecule has 0 unspecified atom stereocenters. The van der Waals surface area contributed by atoms with Gasteiger partial charge < -0.3 is 10.1 Å². The summed E-state index contributed by atoms with van der Waals surface area (Å²) in [6.07, 6.45) is 0. The van der Waals surface area contributed by atoms with Gasteiger partial charge in [0.15, 0.2) is 0 Å². The molecule has 2 rings (SSSR count). The van der Waals surface area contributed by atoms with Crippen molar-refractivity contribution in [2.75, 3.05) is 12.4 Å². The van der Waals surface area contributed by atoms with Crippen LogP contribution in [0.5, 0.6) is 5.75 Å². The molecule has 1 amide bonds. The van der Waals surface area contributed by atoms with Crippen molar-refractivity contribution in [3.05, 3.63) is 53.1 Å². The number of hydrogen-bond donors (Lipinski definition) is 2. The fraction of sp³-hybridized carbons (Fsp3) is 0.188. The number of ether oxygens (including phenoxy) is 1. The molecule has 0 saturated heterocycles. The largest absolute Gasteiger partial charge is 0.496 e. The van der Waals surface area contributed by atoms with Gasteiger partial charge in [-0.1, -0.05) is 17.7 Å². The maximum absolute atomic E-state index is 12.4. The summed E-state index contributed by atoms with van der Waals surface area (Å²) in [6.45, 7) is 3.50. The van der Waals surface area contributed by atoms with E-state index in [0.29, 0.717) is 22.6 Å². The van der Waals surface area contributed by atoms with Crippen molar-refractivity contribution in [3.63, 3.8) is 0 Å². The van der Waals surface area contributed by atoms with Crippen molar-refractivity contribution in [3.8, 4) is 5.75 Å². The van der Waals surface area contributed by atoms with Crippen molar-refractivity contribution in [2.24, 2.45) is 5.14 Å². The number of rotatable bonds is 4. The average molecular weight is 334 g/mol. The molecule has 122 valence electrons. The molecule has 0 aromatic heterocycles. The van der Waals surface area contributed by atoms with Crippen LogP contribution in [0.3, 0.4) is 0 Å². The minimum Gasteiger partial charge on any atom is -0.496 e. The first kappa shape index (κ1) is 17.0. The molecule has 3 N–H and O–H groups in total. The van der Waals surface area contributed by atoms with Crippen LogP contribution in [0.15, 0.2) is 41.3 Å². The van der Waals surface area contributed by atoms with Gasteiger partial charge in [0.2, 0.25) is 10.0 Å². The smallest absolute Gasteiger partial charge is 0.259 e. The van der Waals surface area contributed by atoms with Gasteiger partial charge in [0.05, 0.1) is 17.6 Å². The summed E-state index contributed by atoms with van der Waals surface area (Å²) in [4.78, 5) is 12.4. The van der Waals surface area contributed by atoms with Crippen LogP contribution in [0, 0.1) is 13.8 Å². The van der Waals surface area contributed by atoms with Crippen LogP contribution in [0.25, 0.3) is 0 Å². The highest BCUT2D eigenvalue weighted by Gasteiger charge is 2.16. The molecule has 23 heavy (non-hydrogen) atoms. The number of sulfonamides is 1. The number of benzene rings is 2. The van der Waals surface area contributed by atoms with E-state index in [9.17, 15) is 13.2 Å². The third kappa shape index (κ3) is 3.88. The molecule has 6 nitrogen and oxygen atoms in total. The molecular weight excluding hydrogens is 316 g/mol. The first-order valence-electron chi connectivity index (χ1n) is 6.82. The highest BCUT2D eigenvalue weighted by Crippen LogP contribution is 2.23. The molecule has 0 spiro atoms. The SMILES string of the molecule is COc1ccc(C)cc1C(=O)Nc1ccc(C)c(S(N)(=O)=O)c1. The van der Waals surface area contributed by atoms with Crippen LogP contribution in [0.4, 0.5) is 5.69 Å². The molecule has 0 saturated carbocycles. The summed E-state index contributed by atoms with van der Waals surface area (Å²) in [5.74, 6) is 0.0432. The van der Waals surface area contributed by atoms with Gasteiger partial charge in [-0.3, -0.25) is 4.79 Å². The summed E-state index contributed by atoms with van der Waals surface area (Å²) < 4.78 is 28.3. The highest BCUT2D eigenvalue weighted by molar-refractivity contribution is 7.89. The Morgan fingerprint density at radius 2 is 1.83 bits per heavy atom. The Balaban J connectivity index is 2.37. The lowest BCUT2D eigenvalue weighted by atomic mass is 10.1. The monoisotopic (exact) mass is 334 g/mol. The lowest BCUT2D eigenvalue weighted by Gasteiger charge is -2.11. The van der Waals surface area contributed by atoms with Gasteiger partial charge >= 0.3 is 0 Å². The van der Waals surface area contributed by atoms with Gasteiger partial charge in [0, 0.05) is 5.69 Å². The van der Waals surface area contributed by atoms with E-state index in [0.717, 1.165) is 5.56 Å². The predicted molar refractivity (Wildman–Crippen MR) is 88.2 cm³/mol. The summed E-state index contributed by atoms with van der Waals surface area (Å²) in [6, 6.07) is 9.77. The minimum absolute atomic E-state index is 0.0218. The van der Waals surface area contributed by atoms with E-state index < -0.39 is 15.9 Å². The van der Waals surface area contributed by atoms with Gasteiger partial charge in [-0.15, -0.1) is 0 Å². The second kappa shape index (κ2) is 6.39. The van der Waals surface area contributed by atoms with Crippen LogP contribution >= 0.6 is 0 Å². The zero-order chi connectivity index (χ0) is 17.2. The molecule has 2 aromatic rings. The standard InChI is InChI=1S/C16H18N2O4S/c1-10-4-7-14(22-3)13(8-10)16(19)18-12-6-5-11(2)15(9-12)23(17,20)21/h4-9H,1-3H3,(H,18,19)(H2,17,20,21). The lowest BCUT2D eigenvalue weighted by Crippen LogP contribution is -2.16. The first-order valence-corrected chi connectivity index (χ1v) is 8.36. The Labute approximate surface area is 135 Å². The first-order chi connectivity index (χ1) is 10.7.